The van der Waals surface area contributed by atoms with Crippen molar-refractivity contribution >= 4 is 23.6 Å². The normalized spacial score (nSPS) is 11.7. The Balaban J connectivity index is 2.08. The Morgan fingerprint density at radius 3 is 2.16 bits per heavy atom. The largest absolute Gasteiger partial charge is 0.354 e. The fourth-order valence-corrected chi connectivity index (χ4v) is 4.19. The van der Waals surface area contributed by atoms with Gasteiger partial charge in [-0.1, -0.05) is 67.8 Å². The van der Waals surface area contributed by atoms with E-state index in [2.05, 4.69) is 43.4 Å². The Morgan fingerprint density at radius 1 is 0.968 bits per heavy atom. The number of nitrogens with one attached hydrogen (secondary N) is 1. The summed E-state index contributed by atoms with van der Waals surface area (Å²) >= 11 is 1.68. The van der Waals surface area contributed by atoms with Crippen LogP contribution in [0, 0.1) is 13.8 Å². The second-order valence-electron chi connectivity index (χ2n) is 7.99. The summed E-state index contributed by atoms with van der Waals surface area (Å²) < 4.78 is 0. The molecular formula is C26H36N2O2S. The molecule has 2 rings (SSSR count). The van der Waals surface area contributed by atoms with Crippen molar-refractivity contribution in [2.45, 2.75) is 70.9 Å². The lowest BCUT2D eigenvalue weighted by Gasteiger charge is -2.30. The van der Waals surface area contributed by atoms with Crippen LogP contribution in [0.1, 0.15) is 56.2 Å². The van der Waals surface area contributed by atoms with Crippen molar-refractivity contribution in [3.8, 4) is 0 Å². The van der Waals surface area contributed by atoms with Crippen LogP contribution in [0.4, 0.5) is 0 Å². The first-order chi connectivity index (χ1) is 14.9. The second-order valence-corrected chi connectivity index (χ2v) is 9.16. The lowest BCUT2D eigenvalue weighted by Crippen LogP contribution is -2.49. The highest BCUT2D eigenvalue weighted by molar-refractivity contribution is 7.99. The molecule has 0 aliphatic rings. The number of amides is 2. The van der Waals surface area contributed by atoms with Crippen LogP contribution in [0.3, 0.4) is 0 Å². The third-order valence-electron chi connectivity index (χ3n) is 5.29. The molecule has 0 saturated heterocycles. The van der Waals surface area contributed by atoms with Gasteiger partial charge in [-0.3, -0.25) is 9.59 Å². The fourth-order valence-electron chi connectivity index (χ4n) is 3.35. The van der Waals surface area contributed by atoms with E-state index in [4.69, 9.17) is 0 Å². The maximum Gasteiger partial charge on any atom is 0.242 e. The van der Waals surface area contributed by atoms with E-state index in [1.165, 1.54) is 11.1 Å². The van der Waals surface area contributed by atoms with Gasteiger partial charge >= 0.3 is 0 Å². The third kappa shape index (κ3) is 8.41. The molecule has 0 aromatic heterocycles. The van der Waals surface area contributed by atoms with Crippen LogP contribution in [-0.2, 0) is 16.1 Å². The van der Waals surface area contributed by atoms with Gasteiger partial charge in [0.25, 0.3) is 0 Å². The number of thioether (sulfide) groups is 1. The van der Waals surface area contributed by atoms with E-state index in [0.717, 1.165) is 23.3 Å². The summed E-state index contributed by atoms with van der Waals surface area (Å²) in [6.45, 7) is 9.29. The Kier molecular flexibility index (Phi) is 10.6. The van der Waals surface area contributed by atoms with Crippen LogP contribution in [0.2, 0.25) is 0 Å². The zero-order valence-corrected chi connectivity index (χ0v) is 20.1. The Morgan fingerprint density at radius 2 is 1.58 bits per heavy atom. The molecule has 31 heavy (non-hydrogen) atoms. The molecular weight excluding hydrogens is 404 g/mol. The molecule has 0 aliphatic carbocycles. The van der Waals surface area contributed by atoms with Crippen LogP contribution in [0.25, 0.3) is 0 Å². The SMILES string of the molecule is CCCCNC(=O)C(CC)N(Cc1ccc(C)cc1)C(=O)CCSc1ccc(C)cc1. The Hall–Kier alpha value is -2.27. The molecule has 168 valence electrons. The summed E-state index contributed by atoms with van der Waals surface area (Å²) in [5.41, 5.74) is 3.45. The average molecular weight is 441 g/mol. The Bertz CT molecular complexity index is 818. The molecule has 0 fully saturated rings. The lowest BCUT2D eigenvalue weighted by atomic mass is 10.1. The number of aryl methyl sites for hydroxylation is 2. The van der Waals surface area contributed by atoms with Gasteiger partial charge in [-0.15, -0.1) is 11.8 Å². The predicted molar refractivity (Wildman–Crippen MR) is 130 cm³/mol. The molecule has 2 aromatic rings. The molecule has 0 radical (unpaired) electrons. The summed E-state index contributed by atoms with van der Waals surface area (Å²) in [5.74, 6) is 0.667. The van der Waals surface area contributed by atoms with Crippen molar-refractivity contribution in [3.05, 3.63) is 65.2 Å². The van der Waals surface area contributed by atoms with Gasteiger partial charge in [-0.25, -0.2) is 0 Å². The quantitative estimate of drug-likeness (QED) is 0.350. The first-order valence-corrected chi connectivity index (χ1v) is 12.2. The fraction of sp³-hybridized carbons (Fsp3) is 0.462. The van der Waals surface area contributed by atoms with Gasteiger partial charge in [0.15, 0.2) is 0 Å². The van der Waals surface area contributed by atoms with E-state index >= 15 is 0 Å². The standard InChI is InChI=1S/C26H36N2O2S/c1-5-7-17-27-26(30)24(6-2)28(19-22-12-8-20(3)9-13-22)25(29)16-18-31-23-14-10-21(4)11-15-23/h8-15,24H,5-7,16-19H2,1-4H3,(H,27,30). The van der Waals surface area contributed by atoms with E-state index in [9.17, 15) is 9.59 Å². The molecule has 4 nitrogen and oxygen atoms in total. The maximum absolute atomic E-state index is 13.2. The number of nitrogens with zero attached hydrogens (tertiary/aromatic N) is 1. The third-order valence-corrected chi connectivity index (χ3v) is 6.31. The van der Waals surface area contributed by atoms with E-state index < -0.39 is 6.04 Å². The van der Waals surface area contributed by atoms with Gasteiger partial charge in [-0.2, -0.15) is 0 Å². The number of carbonyl (C=O) groups is 2. The molecule has 0 saturated carbocycles. The van der Waals surface area contributed by atoms with Crippen LogP contribution >= 0.6 is 11.8 Å². The van der Waals surface area contributed by atoms with E-state index in [1.54, 1.807) is 16.7 Å². The van der Waals surface area contributed by atoms with E-state index in [-0.39, 0.29) is 11.8 Å². The van der Waals surface area contributed by atoms with Gasteiger partial charge in [0.1, 0.15) is 6.04 Å². The van der Waals surface area contributed by atoms with Gasteiger partial charge in [0.2, 0.25) is 11.8 Å². The molecule has 2 amide bonds. The number of unbranched alkanes of at least 4 members (excludes halogenated alkanes) is 1. The van der Waals surface area contributed by atoms with Gasteiger partial charge in [-0.05, 0) is 44.4 Å². The number of hydrogen-bond acceptors (Lipinski definition) is 3. The minimum atomic E-state index is -0.449. The number of rotatable bonds is 12. The highest BCUT2D eigenvalue weighted by Crippen LogP contribution is 2.21. The minimum Gasteiger partial charge on any atom is -0.354 e. The smallest absolute Gasteiger partial charge is 0.242 e. The summed E-state index contributed by atoms with van der Waals surface area (Å²) in [6, 6.07) is 16.1. The molecule has 1 atom stereocenters. The van der Waals surface area contributed by atoms with Gasteiger partial charge in [0, 0.05) is 30.2 Å². The van der Waals surface area contributed by atoms with Gasteiger partial charge < -0.3 is 10.2 Å². The predicted octanol–water partition coefficient (Wildman–Crippen LogP) is 5.51. The van der Waals surface area contributed by atoms with Crippen LogP contribution < -0.4 is 5.32 Å². The summed E-state index contributed by atoms with van der Waals surface area (Å²) in [6.07, 6.45) is 2.98. The zero-order valence-electron chi connectivity index (χ0n) is 19.3. The molecule has 0 bridgehead atoms. The second kappa shape index (κ2) is 13.2. The van der Waals surface area contributed by atoms with Crippen molar-refractivity contribution < 1.29 is 9.59 Å². The molecule has 1 N–H and O–H groups in total. The van der Waals surface area contributed by atoms with Crippen molar-refractivity contribution in [1.82, 2.24) is 10.2 Å². The Labute approximate surface area is 191 Å². The van der Waals surface area contributed by atoms with E-state index in [1.807, 2.05) is 38.1 Å². The average Bonchev–Trinajstić information content (AvgIpc) is 2.76. The van der Waals surface area contributed by atoms with Crippen molar-refractivity contribution in [2.75, 3.05) is 12.3 Å². The summed E-state index contributed by atoms with van der Waals surface area (Å²) in [5, 5.41) is 3.01. The topological polar surface area (TPSA) is 49.4 Å². The van der Waals surface area contributed by atoms with Crippen LogP contribution in [0.5, 0.6) is 0 Å². The number of hydrogen-bond donors (Lipinski definition) is 1. The lowest BCUT2D eigenvalue weighted by molar-refractivity contribution is -0.141. The molecule has 5 heteroatoms. The maximum atomic E-state index is 13.2. The van der Waals surface area contributed by atoms with Crippen molar-refractivity contribution in [1.29, 1.82) is 0 Å². The number of carbonyl (C=O) groups excluding carboxylic acids is 2. The molecule has 1 unspecified atom stereocenters. The van der Waals surface area contributed by atoms with Crippen LogP contribution in [0.15, 0.2) is 53.4 Å². The summed E-state index contributed by atoms with van der Waals surface area (Å²) in [7, 11) is 0. The van der Waals surface area contributed by atoms with Crippen molar-refractivity contribution in [3.63, 3.8) is 0 Å². The van der Waals surface area contributed by atoms with Crippen molar-refractivity contribution in [2.24, 2.45) is 0 Å². The van der Waals surface area contributed by atoms with E-state index in [0.29, 0.717) is 31.7 Å². The zero-order chi connectivity index (χ0) is 22.6. The molecule has 0 aliphatic heterocycles. The molecule has 0 heterocycles. The van der Waals surface area contributed by atoms with Crippen LogP contribution in [-0.4, -0.2) is 35.1 Å². The highest BCUT2D eigenvalue weighted by atomic mass is 32.2. The first-order valence-electron chi connectivity index (χ1n) is 11.3. The highest BCUT2D eigenvalue weighted by Gasteiger charge is 2.28. The summed E-state index contributed by atoms with van der Waals surface area (Å²) in [4.78, 5) is 29.0. The molecule has 0 spiro atoms. The number of benzene rings is 2. The monoisotopic (exact) mass is 440 g/mol. The molecule has 2 aromatic carbocycles. The minimum absolute atomic E-state index is 0.0256. The van der Waals surface area contributed by atoms with Gasteiger partial charge in [0.05, 0.1) is 0 Å². The first kappa shape index (κ1) is 25.0.